The largest absolute Gasteiger partial charge is 0.481 e. The van der Waals surface area contributed by atoms with E-state index in [-0.39, 0.29) is 28.9 Å². The second-order valence-corrected chi connectivity index (χ2v) is 5.11. The number of aliphatic carboxylic acids is 1. The number of nitrogens with zero attached hydrogens (tertiary/aromatic N) is 3. The third-order valence-corrected chi connectivity index (χ3v) is 2.43. The van der Waals surface area contributed by atoms with E-state index < -0.39 is 5.97 Å². The van der Waals surface area contributed by atoms with Crippen LogP contribution in [0.2, 0.25) is 0 Å². The molecular weight excluding hydrogens is 236 g/mol. The Morgan fingerprint density at radius 3 is 2.67 bits per heavy atom. The standard InChI is InChI=1S/C11H14N4O3/c1-11(2,3)9-13-10-12-6(5-8(17)18)4-7(16)15(10)14-9/h4H,5H2,1-3H3,(H,17,18)(H,12,13,14). The monoisotopic (exact) mass is 250 g/mol. The van der Waals surface area contributed by atoms with Crippen LogP contribution in [0, 0.1) is 0 Å². The zero-order valence-electron chi connectivity index (χ0n) is 10.4. The molecule has 2 rings (SSSR count). The van der Waals surface area contributed by atoms with Gasteiger partial charge in [0, 0.05) is 11.5 Å². The van der Waals surface area contributed by atoms with Gasteiger partial charge in [-0.1, -0.05) is 20.8 Å². The van der Waals surface area contributed by atoms with Gasteiger partial charge in [0.15, 0.2) is 0 Å². The number of carboxylic acid groups (broad SMARTS) is 1. The normalized spacial score (nSPS) is 11.9. The molecule has 0 fully saturated rings. The van der Waals surface area contributed by atoms with Crippen LogP contribution in [-0.4, -0.2) is 30.7 Å². The van der Waals surface area contributed by atoms with E-state index in [4.69, 9.17) is 5.11 Å². The van der Waals surface area contributed by atoms with E-state index in [2.05, 4.69) is 15.1 Å². The zero-order valence-corrected chi connectivity index (χ0v) is 10.4. The van der Waals surface area contributed by atoms with E-state index in [0.717, 1.165) is 0 Å². The summed E-state index contributed by atoms with van der Waals surface area (Å²) >= 11 is 0. The van der Waals surface area contributed by atoms with Gasteiger partial charge in [-0.3, -0.25) is 14.7 Å². The Kier molecular flexibility index (Phi) is 2.68. The van der Waals surface area contributed by atoms with Crippen LogP contribution in [0.3, 0.4) is 0 Å². The zero-order chi connectivity index (χ0) is 13.5. The van der Waals surface area contributed by atoms with Gasteiger partial charge in [-0.05, 0) is 0 Å². The molecule has 0 aliphatic carbocycles. The van der Waals surface area contributed by atoms with Crippen LogP contribution in [0.5, 0.6) is 0 Å². The summed E-state index contributed by atoms with van der Waals surface area (Å²) in [6, 6.07) is 1.20. The molecule has 18 heavy (non-hydrogen) atoms. The van der Waals surface area contributed by atoms with Crippen molar-refractivity contribution in [2.45, 2.75) is 32.6 Å². The summed E-state index contributed by atoms with van der Waals surface area (Å²) < 4.78 is 1.21. The number of H-pyrrole nitrogens is 1. The molecule has 0 saturated heterocycles. The molecule has 2 aromatic rings. The smallest absolute Gasteiger partial charge is 0.309 e. The quantitative estimate of drug-likeness (QED) is 0.800. The fourth-order valence-corrected chi connectivity index (χ4v) is 1.51. The molecule has 2 aromatic heterocycles. The topological polar surface area (TPSA) is 100 Å². The maximum absolute atomic E-state index is 11.8. The van der Waals surface area contributed by atoms with Crippen molar-refractivity contribution in [2.24, 2.45) is 0 Å². The minimum absolute atomic E-state index is 0.198. The second-order valence-electron chi connectivity index (χ2n) is 5.11. The second kappa shape index (κ2) is 3.94. The summed E-state index contributed by atoms with van der Waals surface area (Å²) in [5, 5.41) is 11.6. The predicted molar refractivity (Wildman–Crippen MR) is 63.6 cm³/mol. The summed E-state index contributed by atoms with van der Waals surface area (Å²) in [7, 11) is 0. The first-order chi connectivity index (χ1) is 8.27. The number of hydrogen-bond donors (Lipinski definition) is 2. The maximum atomic E-state index is 11.8. The highest BCUT2D eigenvalue weighted by Gasteiger charge is 2.19. The number of rotatable bonds is 2. The molecule has 0 atom stereocenters. The first-order valence-corrected chi connectivity index (χ1v) is 5.48. The van der Waals surface area contributed by atoms with Crippen molar-refractivity contribution >= 4 is 11.7 Å². The third kappa shape index (κ3) is 2.24. The molecule has 0 aromatic carbocycles. The lowest BCUT2D eigenvalue weighted by molar-refractivity contribution is -0.136. The van der Waals surface area contributed by atoms with E-state index >= 15 is 0 Å². The van der Waals surface area contributed by atoms with E-state index in [1.807, 2.05) is 20.8 Å². The van der Waals surface area contributed by atoms with E-state index in [1.54, 1.807) is 0 Å². The Balaban J connectivity index is 2.59. The molecule has 2 N–H and O–H groups in total. The van der Waals surface area contributed by atoms with Crippen LogP contribution >= 0.6 is 0 Å². The van der Waals surface area contributed by atoms with Gasteiger partial charge in [0.1, 0.15) is 5.82 Å². The van der Waals surface area contributed by atoms with Crippen molar-refractivity contribution in [3.05, 3.63) is 27.9 Å². The lowest BCUT2D eigenvalue weighted by Crippen LogP contribution is -2.18. The number of aromatic amines is 1. The average molecular weight is 250 g/mol. The molecule has 0 spiro atoms. The van der Waals surface area contributed by atoms with Crippen molar-refractivity contribution in [1.29, 1.82) is 0 Å². The number of hydrogen-bond acceptors (Lipinski definition) is 4. The molecule has 0 radical (unpaired) electrons. The van der Waals surface area contributed by atoms with Crippen LogP contribution < -0.4 is 5.56 Å². The minimum Gasteiger partial charge on any atom is -0.481 e. The molecule has 0 unspecified atom stereocenters. The van der Waals surface area contributed by atoms with Crippen LogP contribution in [0.25, 0.3) is 5.78 Å². The van der Waals surface area contributed by atoms with Crippen LogP contribution in [0.4, 0.5) is 0 Å². The molecule has 2 heterocycles. The summed E-state index contributed by atoms with van der Waals surface area (Å²) in [4.78, 5) is 30.6. The van der Waals surface area contributed by atoms with Gasteiger partial charge in [0.25, 0.3) is 11.3 Å². The Hall–Kier alpha value is -2.18. The van der Waals surface area contributed by atoms with Crippen molar-refractivity contribution < 1.29 is 9.90 Å². The maximum Gasteiger partial charge on any atom is 0.309 e. The first kappa shape index (κ1) is 12.3. The van der Waals surface area contributed by atoms with E-state index in [9.17, 15) is 9.59 Å². The Labute approximate surface area is 102 Å². The summed E-state index contributed by atoms with van der Waals surface area (Å²) in [5.41, 5.74) is -0.397. The SMILES string of the molecule is CC(C)(C)c1nc2nc(CC(=O)O)cc(=O)n2[nH]1. The molecule has 96 valence electrons. The van der Waals surface area contributed by atoms with Crippen molar-refractivity contribution in [3.63, 3.8) is 0 Å². The molecule has 0 amide bonds. The molecular formula is C11H14N4O3. The Bertz CT molecular complexity index is 663. The molecule has 0 aliphatic rings. The molecule has 7 nitrogen and oxygen atoms in total. The van der Waals surface area contributed by atoms with Gasteiger partial charge in [0.05, 0.1) is 12.1 Å². The van der Waals surface area contributed by atoms with Gasteiger partial charge in [-0.25, -0.2) is 4.98 Å². The lowest BCUT2D eigenvalue weighted by atomic mass is 9.96. The predicted octanol–water partition coefficient (Wildman–Crippen LogP) is 0.342. The van der Waals surface area contributed by atoms with Gasteiger partial charge in [-0.15, -0.1) is 0 Å². The van der Waals surface area contributed by atoms with Crippen LogP contribution in [-0.2, 0) is 16.6 Å². The minimum atomic E-state index is -1.03. The lowest BCUT2D eigenvalue weighted by Gasteiger charge is -2.12. The summed E-state index contributed by atoms with van der Waals surface area (Å²) in [5.74, 6) is -0.207. The van der Waals surface area contributed by atoms with E-state index in [1.165, 1.54) is 10.6 Å². The average Bonchev–Trinajstić information content (AvgIpc) is 2.59. The Morgan fingerprint density at radius 2 is 2.11 bits per heavy atom. The van der Waals surface area contributed by atoms with Gasteiger partial charge >= 0.3 is 5.97 Å². The van der Waals surface area contributed by atoms with Crippen LogP contribution in [0.1, 0.15) is 32.3 Å². The fourth-order valence-electron chi connectivity index (χ4n) is 1.51. The summed E-state index contributed by atoms with van der Waals surface area (Å²) in [6.07, 6.45) is -0.288. The molecule has 0 aliphatic heterocycles. The van der Waals surface area contributed by atoms with Crippen molar-refractivity contribution in [1.82, 2.24) is 19.6 Å². The van der Waals surface area contributed by atoms with Gasteiger partial charge in [0.2, 0.25) is 0 Å². The molecule has 0 saturated carbocycles. The number of carbonyl (C=O) groups is 1. The highest BCUT2D eigenvalue weighted by atomic mass is 16.4. The summed E-state index contributed by atoms with van der Waals surface area (Å²) in [6.45, 7) is 5.86. The first-order valence-electron chi connectivity index (χ1n) is 5.48. The number of nitrogens with one attached hydrogen (secondary N) is 1. The van der Waals surface area contributed by atoms with Crippen molar-refractivity contribution in [3.8, 4) is 0 Å². The van der Waals surface area contributed by atoms with Crippen LogP contribution in [0.15, 0.2) is 10.9 Å². The number of carboxylic acids is 1. The fraction of sp³-hybridized carbons (Fsp3) is 0.455. The highest BCUT2D eigenvalue weighted by Crippen LogP contribution is 2.17. The number of aromatic nitrogens is 4. The third-order valence-electron chi connectivity index (χ3n) is 2.43. The van der Waals surface area contributed by atoms with Gasteiger partial charge < -0.3 is 5.11 Å². The van der Waals surface area contributed by atoms with Gasteiger partial charge in [-0.2, -0.15) is 9.50 Å². The molecule has 0 bridgehead atoms. The highest BCUT2D eigenvalue weighted by molar-refractivity contribution is 5.69. The number of fused-ring (bicyclic) bond motifs is 1. The van der Waals surface area contributed by atoms with E-state index in [0.29, 0.717) is 5.82 Å². The Morgan fingerprint density at radius 1 is 1.44 bits per heavy atom. The van der Waals surface area contributed by atoms with Crippen molar-refractivity contribution in [2.75, 3.05) is 0 Å². The molecule has 7 heteroatoms.